The Kier molecular flexibility index (Phi) is 4.55. The summed E-state index contributed by atoms with van der Waals surface area (Å²) in [7, 11) is 0. The van der Waals surface area contributed by atoms with E-state index in [4.69, 9.17) is 5.11 Å². The Labute approximate surface area is 103 Å². The van der Waals surface area contributed by atoms with Gasteiger partial charge in [-0.05, 0) is 12.0 Å². The molecule has 5 nitrogen and oxygen atoms in total. The van der Waals surface area contributed by atoms with Gasteiger partial charge in [-0.25, -0.2) is 8.78 Å². The van der Waals surface area contributed by atoms with E-state index in [1.165, 1.54) is 0 Å². The highest BCUT2D eigenvalue weighted by Gasteiger charge is 2.24. The maximum absolute atomic E-state index is 13.6. The molecule has 0 radical (unpaired) electrons. The van der Waals surface area contributed by atoms with Crippen LogP contribution in [0.5, 0.6) is 0 Å². The van der Waals surface area contributed by atoms with Gasteiger partial charge in [-0.2, -0.15) is 0 Å². The summed E-state index contributed by atoms with van der Waals surface area (Å²) in [5.74, 6) is -2.59. The van der Waals surface area contributed by atoms with Gasteiger partial charge in [0.25, 0.3) is 5.69 Å². The Hall–Kier alpha value is -1.76. The molecule has 0 bridgehead atoms. The number of anilines is 1. The van der Waals surface area contributed by atoms with E-state index in [1.807, 2.05) is 0 Å². The van der Waals surface area contributed by atoms with Gasteiger partial charge in [-0.15, -0.1) is 0 Å². The summed E-state index contributed by atoms with van der Waals surface area (Å²) in [5, 5.41) is 22.3. The van der Waals surface area contributed by atoms with Crippen LogP contribution >= 0.6 is 0 Å². The van der Waals surface area contributed by atoms with E-state index >= 15 is 0 Å². The van der Waals surface area contributed by atoms with Gasteiger partial charge < -0.3 is 10.4 Å². The molecule has 2 N–H and O–H groups in total. The molecule has 0 spiro atoms. The van der Waals surface area contributed by atoms with Crippen LogP contribution in [-0.4, -0.2) is 22.7 Å². The van der Waals surface area contributed by atoms with Crippen LogP contribution in [0.4, 0.5) is 20.2 Å². The highest BCUT2D eigenvalue weighted by atomic mass is 19.2. The molecule has 0 heterocycles. The van der Waals surface area contributed by atoms with Crippen molar-refractivity contribution < 1.29 is 18.8 Å². The maximum Gasteiger partial charge on any atom is 0.295 e. The molecule has 0 aliphatic rings. The standard InChI is InChI=1S/C11H14F2N2O3/c1-6(2)8(5-16)14-11-9(15(17)18)4-3-7(12)10(11)13/h3-4,6,8,14,16H,5H2,1-2H3. The average Bonchev–Trinajstić information content (AvgIpc) is 2.30. The summed E-state index contributed by atoms with van der Waals surface area (Å²) >= 11 is 0. The smallest absolute Gasteiger partial charge is 0.295 e. The average molecular weight is 260 g/mol. The summed E-state index contributed by atoms with van der Waals surface area (Å²) in [6.45, 7) is 3.15. The van der Waals surface area contributed by atoms with Gasteiger partial charge in [0.05, 0.1) is 17.6 Å². The lowest BCUT2D eigenvalue weighted by atomic mass is 10.0. The van der Waals surface area contributed by atoms with Gasteiger partial charge in [-0.1, -0.05) is 13.8 Å². The highest BCUT2D eigenvalue weighted by Crippen LogP contribution is 2.30. The summed E-state index contributed by atoms with van der Waals surface area (Å²) in [6.07, 6.45) is 0. The monoisotopic (exact) mass is 260 g/mol. The third-order valence-corrected chi connectivity index (χ3v) is 2.60. The SMILES string of the molecule is CC(C)C(CO)Nc1c([N+](=O)[O-])ccc(F)c1F. The summed E-state index contributed by atoms with van der Waals surface area (Å²) in [4.78, 5) is 9.93. The largest absolute Gasteiger partial charge is 0.394 e. The minimum Gasteiger partial charge on any atom is -0.394 e. The number of nitro benzene ring substituents is 1. The first-order valence-corrected chi connectivity index (χ1v) is 5.38. The first-order chi connectivity index (χ1) is 8.38. The molecule has 1 rings (SSSR count). The van der Waals surface area contributed by atoms with E-state index in [0.29, 0.717) is 6.07 Å². The van der Waals surface area contributed by atoms with Crippen molar-refractivity contribution in [2.24, 2.45) is 5.92 Å². The number of rotatable bonds is 5. The molecular formula is C11H14F2N2O3. The fraction of sp³-hybridized carbons (Fsp3) is 0.455. The van der Waals surface area contributed by atoms with Crippen LogP contribution in [0, 0.1) is 27.7 Å². The lowest BCUT2D eigenvalue weighted by molar-refractivity contribution is -0.384. The van der Waals surface area contributed by atoms with E-state index in [2.05, 4.69) is 5.32 Å². The molecule has 1 atom stereocenters. The van der Waals surface area contributed by atoms with Gasteiger partial charge in [0.2, 0.25) is 0 Å². The molecule has 0 saturated heterocycles. The number of nitro groups is 1. The molecule has 18 heavy (non-hydrogen) atoms. The van der Waals surface area contributed by atoms with Gasteiger partial charge in [-0.3, -0.25) is 10.1 Å². The van der Waals surface area contributed by atoms with Crippen molar-refractivity contribution in [3.63, 3.8) is 0 Å². The second-order valence-electron chi connectivity index (χ2n) is 4.19. The predicted octanol–water partition coefficient (Wildman–Crippen LogP) is 2.30. The first kappa shape index (κ1) is 14.3. The third-order valence-electron chi connectivity index (χ3n) is 2.60. The highest BCUT2D eigenvalue weighted by molar-refractivity contribution is 5.63. The molecule has 100 valence electrons. The number of aliphatic hydroxyl groups excluding tert-OH is 1. The number of nitrogens with one attached hydrogen (secondary N) is 1. The molecule has 0 fully saturated rings. The van der Waals surface area contributed by atoms with Crippen LogP contribution in [0.2, 0.25) is 0 Å². The van der Waals surface area contributed by atoms with Gasteiger partial charge in [0, 0.05) is 6.07 Å². The molecule has 0 aromatic heterocycles. The fourth-order valence-electron chi connectivity index (χ4n) is 1.44. The van der Waals surface area contributed by atoms with E-state index in [9.17, 15) is 18.9 Å². The zero-order valence-corrected chi connectivity index (χ0v) is 9.98. The van der Waals surface area contributed by atoms with Crippen LogP contribution in [-0.2, 0) is 0 Å². The number of benzene rings is 1. The quantitative estimate of drug-likeness (QED) is 0.629. The zero-order valence-electron chi connectivity index (χ0n) is 9.98. The van der Waals surface area contributed by atoms with Crippen molar-refractivity contribution in [2.45, 2.75) is 19.9 Å². The number of nitrogens with zero attached hydrogens (tertiary/aromatic N) is 1. The molecule has 1 aromatic carbocycles. The van der Waals surface area contributed by atoms with Crippen LogP contribution in [0.25, 0.3) is 0 Å². The van der Waals surface area contributed by atoms with Crippen LogP contribution < -0.4 is 5.32 Å². The molecule has 0 aliphatic carbocycles. The van der Waals surface area contributed by atoms with Crippen molar-refractivity contribution in [1.82, 2.24) is 0 Å². The van der Waals surface area contributed by atoms with E-state index in [0.717, 1.165) is 6.07 Å². The van der Waals surface area contributed by atoms with E-state index in [1.54, 1.807) is 13.8 Å². The van der Waals surface area contributed by atoms with Crippen molar-refractivity contribution in [3.05, 3.63) is 33.9 Å². The molecule has 7 heteroatoms. The lowest BCUT2D eigenvalue weighted by Crippen LogP contribution is -2.30. The number of halogens is 2. The maximum atomic E-state index is 13.6. The number of aliphatic hydroxyl groups is 1. The lowest BCUT2D eigenvalue weighted by Gasteiger charge is -2.21. The van der Waals surface area contributed by atoms with Gasteiger partial charge >= 0.3 is 0 Å². The molecule has 1 unspecified atom stereocenters. The third kappa shape index (κ3) is 2.92. The first-order valence-electron chi connectivity index (χ1n) is 5.38. The van der Waals surface area contributed by atoms with E-state index < -0.39 is 34.0 Å². The Morgan fingerprint density at radius 3 is 2.50 bits per heavy atom. The molecule has 0 aliphatic heterocycles. The minimum atomic E-state index is -1.32. The molecule has 0 saturated carbocycles. The van der Waals surface area contributed by atoms with Crippen molar-refractivity contribution >= 4 is 11.4 Å². The summed E-state index contributed by atoms with van der Waals surface area (Å²) in [6, 6.07) is 0.984. The second kappa shape index (κ2) is 5.72. The summed E-state index contributed by atoms with van der Waals surface area (Å²) in [5.41, 5.74) is -1.10. The van der Waals surface area contributed by atoms with Gasteiger partial charge in [0.1, 0.15) is 0 Å². The Bertz CT molecular complexity index is 452. The number of hydrogen-bond acceptors (Lipinski definition) is 4. The fourth-order valence-corrected chi connectivity index (χ4v) is 1.44. The Balaban J connectivity index is 3.20. The topological polar surface area (TPSA) is 75.4 Å². The van der Waals surface area contributed by atoms with Crippen LogP contribution in [0.3, 0.4) is 0 Å². The second-order valence-corrected chi connectivity index (χ2v) is 4.19. The molecule has 0 amide bonds. The van der Waals surface area contributed by atoms with Crippen LogP contribution in [0.15, 0.2) is 12.1 Å². The Morgan fingerprint density at radius 1 is 1.44 bits per heavy atom. The molecular weight excluding hydrogens is 246 g/mol. The van der Waals surface area contributed by atoms with E-state index in [-0.39, 0.29) is 12.5 Å². The minimum absolute atomic E-state index is 0.0997. The van der Waals surface area contributed by atoms with Crippen LogP contribution in [0.1, 0.15) is 13.8 Å². The number of hydrogen-bond donors (Lipinski definition) is 2. The van der Waals surface area contributed by atoms with Crippen molar-refractivity contribution in [3.8, 4) is 0 Å². The predicted molar refractivity (Wildman–Crippen MR) is 62.3 cm³/mol. The zero-order chi connectivity index (χ0) is 13.9. The Morgan fingerprint density at radius 2 is 2.06 bits per heavy atom. The van der Waals surface area contributed by atoms with Crippen molar-refractivity contribution in [1.29, 1.82) is 0 Å². The molecule has 1 aromatic rings. The normalized spacial score (nSPS) is 12.6. The van der Waals surface area contributed by atoms with Crippen molar-refractivity contribution in [2.75, 3.05) is 11.9 Å². The van der Waals surface area contributed by atoms with Gasteiger partial charge in [0.15, 0.2) is 17.3 Å². The summed E-state index contributed by atoms with van der Waals surface area (Å²) < 4.78 is 26.6.